The molecule has 11 heteroatoms. The molecule has 4 rings (SSSR count). The number of esters is 2. The number of alkyl halides is 3. The predicted octanol–water partition coefficient (Wildman–Crippen LogP) is 3.68. The highest BCUT2D eigenvalue weighted by molar-refractivity contribution is 5.90. The van der Waals surface area contributed by atoms with E-state index in [1.807, 2.05) is 0 Å². The van der Waals surface area contributed by atoms with Crippen LogP contribution in [0.2, 0.25) is 0 Å². The van der Waals surface area contributed by atoms with Crippen LogP contribution >= 0.6 is 0 Å². The summed E-state index contributed by atoms with van der Waals surface area (Å²) < 4.78 is 50.6. The smallest absolute Gasteiger partial charge is 0.417 e. The molecule has 1 amide bonds. The van der Waals surface area contributed by atoms with E-state index in [2.05, 4.69) is 10.3 Å². The normalized spacial score (nSPS) is 18.4. The molecule has 8 nitrogen and oxygen atoms in total. The van der Waals surface area contributed by atoms with E-state index < -0.39 is 47.3 Å². The van der Waals surface area contributed by atoms with Crippen LogP contribution in [-0.2, 0) is 30.0 Å². The van der Waals surface area contributed by atoms with Crippen molar-refractivity contribution in [2.45, 2.75) is 44.5 Å². The Hall–Kier alpha value is -4.15. The van der Waals surface area contributed by atoms with Gasteiger partial charge in [-0.1, -0.05) is 30.3 Å². The number of fused-ring (bicyclic) bond motifs is 1. The zero-order chi connectivity index (χ0) is 26.9. The summed E-state index contributed by atoms with van der Waals surface area (Å²) in [4.78, 5) is 50.9. The van der Waals surface area contributed by atoms with Gasteiger partial charge in [0, 0.05) is 30.5 Å². The molecule has 0 bridgehead atoms. The summed E-state index contributed by atoms with van der Waals surface area (Å²) in [6.07, 6.45) is -5.29. The van der Waals surface area contributed by atoms with Crippen LogP contribution in [0.4, 0.5) is 13.2 Å². The van der Waals surface area contributed by atoms with Crippen molar-refractivity contribution in [2.75, 3.05) is 6.61 Å². The fourth-order valence-corrected chi connectivity index (χ4v) is 4.49. The Labute approximate surface area is 208 Å². The molecule has 1 aromatic heterocycles. The van der Waals surface area contributed by atoms with E-state index in [9.17, 15) is 32.3 Å². The molecule has 3 atom stereocenters. The highest BCUT2D eigenvalue weighted by atomic mass is 19.4. The molecular formula is C26H23F3N2O6. The van der Waals surface area contributed by atoms with Crippen molar-refractivity contribution in [2.24, 2.45) is 0 Å². The van der Waals surface area contributed by atoms with Gasteiger partial charge in [-0.15, -0.1) is 0 Å². The van der Waals surface area contributed by atoms with Crippen LogP contribution < -0.4 is 10.9 Å². The van der Waals surface area contributed by atoms with Crippen molar-refractivity contribution in [3.8, 4) is 11.3 Å². The number of ether oxygens (including phenoxy) is 2. The number of hydrogen-bond acceptors (Lipinski definition) is 6. The van der Waals surface area contributed by atoms with Gasteiger partial charge in [0.05, 0.1) is 17.5 Å². The zero-order valence-electron chi connectivity index (χ0n) is 19.8. The fourth-order valence-electron chi connectivity index (χ4n) is 4.49. The number of rotatable bonds is 6. The molecule has 2 N–H and O–H groups in total. The minimum atomic E-state index is -4.60. The fraction of sp³-hybridized carbons (Fsp3) is 0.308. The van der Waals surface area contributed by atoms with Crippen LogP contribution in [0.3, 0.4) is 0 Å². The first kappa shape index (κ1) is 25.9. The standard InChI is InChI=1S/C26H23F3N2O6/c1-13(32)36-12-23(37-14(2)33)22-11-19(25(35)31-22)15-7-8-16-10-21(30-24(34)18(16)9-15)17-5-3-4-6-20(17)26(27,28)29/h3-10,19,22-23H,11-12H2,1-2H3,(H,30,34)(H,31,35)/t19-,22?,23+/m0/s1. The van der Waals surface area contributed by atoms with Gasteiger partial charge in [0.1, 0.15) is 6.61 Å². The summed E-state index contributed by atoms with van der Waals surface area (Å²) in [5.41, 5.74) is -1.09. The lowest BCUT2D eigenvalue weighted by molar-refractivity contribution is -0.158. The van der Waals surface area contributed by atoms with E-state index in [1.165, 1.54) is 44.2 Å². The number of carbonyl (C=O) groups is 3. The second-order valence-electron chi connectivity index (χ2n) is 8.76. The first-order valence-corrected chi connectivity index (χ1v) is 11.4. The zero-order valence-corrected chi connectivity index (χ0v) is 19.8. The van der Waals surface area contributed by atoms with Gasteiger partial charge < -0.3 is 19.8 Å². The number of H-pyrrole nitrogens is 1. The van der Waals surface area contributed by atoms with Crippen molar-refractivity contribution in [3.05, 3.63) is 70.0 Å². The van der Waals surface area contributed by atoms with E-state index in [0.29, 0.717) is 10.9 Å². The maximum Gasteiger partial charge on any atom is 0.417 e. The molecule has 0 aliphatic carbocycles. The number of hydrogen-bond donors (Lipinski definition) is 2. The van der Waals surface area contributed by atoms with Crippen LogP contribution in [0.5, 0.6) is 0 Å². The molecule has 1 unspecified atom stereocenters. The summed E-state index contributed by atoms with van der Waals surface area (Å²) in [7, 11) is 0. The van der Waals surface area contributed by atoms with Crippen LogP contribution in [0, 0.1) is 0 Å². The Bertz CT molecular complexity index is 1430. The van der Waals surface area contributed by atoms with Gasteiger partial charge in [0.25, 0.3) is 5.56 Å². The van der Waals surface area contributed by atoms with Crippen LogP contribution in [0.1, 0.15) is 37.3 Å². The third-order valence-electron chi connectivity index (χ3n) is 6.15. The minimum Gasteiger partial charge on any atom is -0.462 e. The minimum absolute atomic E-state index is 0.0199. The summed E-state index contributed by atoms with van der Waals surface area (Å²) in [5.74, 6) is -2.22. The number of halogens is 3. The number of nitrogens with one attached hydrogen (secondary N) is 2. The first-order valence-electron chi connectivity index (χ1n) is 11.4. The highest BCUT2D eigenvalue weighted by Gasteiger charge is 2.39. The molecule has 3 aromatic rings. The van der Waals surface area contributed by atoms with Gasteiger partial charge in [-0.3, -0.25) is 19.2 Å². The Morgan fingerprint density at radius 3 is 2.46 bits per heavy atom. The monoisotopic (exact) mass is 516 g/mol. The maximum absolute atomic E-state index is 13.5. The van der Waals surface area contributed by atoms with Crippen molar-refractivity contribution in [3.63, 3.8) is 0 Å². The number of aromatic nitrogens is 1. The van der Waals surface area contributed by atoms with Crippen LogP contribution in [-0.4, -0.2) is 41.6 Å². The van der Waals surface area contributed by atoms with Crippen LogP contribution in [0.25, 0.3) is 22.0 Å². The van der Waals surface area contributed by atoms with E-state index >= 15 is 0 Å². The molecule has 194 valence electrons. The van der Waals surface area contributed by atoms with Gasteiger partial charge in [-0.25, -0.2) is 0 Å². The molecule has 0 radical (unpaired) electrons. The molecule has 2 heterocycles. The molecule has 0 saturated carbocycles. The topological polar surface area (TPSA) is 115 Å². The lowest BCUT2D eigenvalue weighted by Crippen LogP contribution is -2.42. The molecule has 0 spiro atoms. The Morgan fingerprint density at radius 1 is 1.05 bits per heavy atom. The average Bonchev–Trinajstić information content (AvgIpc) is 3.22. The van der Waals surface area contributed by atoms with Gasteiger partial charge >= 0.3 is 18.1 Å². The Kier molecular flexibility index (Phi) is 7.06. The SMILES string of the molecule is CC(=O)OC[C@@H](OC(C)=O)C1C[C@@H](c2ccc3cc(-c4ccccc4C(F)(F)F)[nH]c(=O)c3c2)C(=O)N1. The summed E-state index contributed by atoms with van der Waals surface area (Å²) in [6, 6.07) is 10.5. The molecule has 2 aromatic carbocycles. The summed E-state index contributed by atoms with van der Waals surface area (Å²) in [6.45, 7) is 2.18. The van der Waals surface area contributed by atoms with E-state index in [4.69, 9.17) is 9.47 Å². The third-order valence-corrected chi connectivity index (χ3v) is 6.15. The van der Waals surface area contributed by atoms with Crippen molar-refractivity contribution < 1.29 is 37.0 Å². The first-order chi connectivity index (χ1) is 17.4. The number of benzene rings is 2. The van der Waals surface area contributed by atoms with Crippen molar-refractivity contribution in [1.82, 2.24) is 10.3 Å². The van der Waals surface area contributed by atoms with Gasteiger partial charge in [-0.05, 0) is 35.6 Å². The second kappa shape index (κ2) is 10.1. The summed E-state index contributed by atoms with van der Waals surface area (Å²) in [5, 5.41) is 3.36. The van der Waals surface area contributed by atoms with Crippen LogP contribution in [0.15, 0.2) is 53.3 Å². The number of carbonyl (C=O) groups excluding carboxylic acids is 3. The van der Waals surface area contributed by atoms with Gasteiger partial charge in [0.15, 0.2) is 6.10 Å². The molecule has 1 fully saturated rings. The average molecular weight is 516 g/mol. The largest absolute Gasteiger partial charge is 0.462 e. The van der Waals surface area contributed by atoms with E-state index in [1.54, 1.807) is 12.1 Å². The molecule has 37 heavy (non-hydrogen) atoms. The predicted molar refractivity (Wildman–Crippen MR) is 126 cm³/mol. The summed E-state index contributed by atoms with van der Waals surface area (Å²) >= 11 is 0. The number of pyridine rings is 1. The highest BCUT2D eigenvalue weighted by Crippen LogP contribution is 2.37. The number of aromatic amines is 1. The van der Waals surface area contributed by atoms with E-state index in [-0.39, 0.29) is 35.6 Å². The van der Waals surface area contributed by atoms with Crippen molar-refractivity contribution >= 4 is 28.6 Å². The Morgan fingerprint density at radius 2 is 1.78 bits per heavy atom. The Balaban J connectivity index is 1.64. The maximum atomic E-state index is 13.5. The van der Waals surface area contributed by atoms with E-state index in [0.717, 1.165) is 6.07 Å². The molecule has 1 saturated heterocycles. The molecule has 1 aliphatic rings. The van der Waals surface area contributed by atoms with Gasteiger partial charge in [-0.2, -0.15) is 13.2 Å². The van der Waals surface area contributed by atoms with Crippen molar-refractivity contribution in [1.29, 1.82) is 0 Å². The second-order valence-corrected chi connectivity index (χ2v) is 8.76. The molecular weight excluding hydrogens is 493 g/mol. The third kappa shape index (κ3) is 5.65. The quantitative estimate of drug-likeness (QED) is 0.483. The van der Waals surface area contributed by atoms with Gasteiger partial charge in [0.2, 0.25) is 5.91 Å². The lowest BCUT2D eigenvalue weighted by atomic mass is 9.92. The molecule has 1 aliphatic heterocycles. The lowest BCUT2D eigenvalue weighted by Gasteiger charge is -2.22. The number of amides is 1.